The fourth-order valence-electron chi connectivity index (χ4n) is 2.52. The fraction of sp³-hybridized carbons (Fsp3) is 0.188. The van der Waals surface area contributed by atoms with Crippen LogP contribution in [0.3, 0.4) is 0 Å². The predicted octanol–water partition coefficient (Wildman–Crippen LogP) is 4.23. The van der Waals surface area contributed by atoms with Crippen molar-refractivity contribution in [2.75, 3.05) is 5.73 Å². The predicted molar refractivity (Wildman–Crippen MR) is 86.6 cm³/mol. The Bertz CT molecular complexity index is 824. The SMILES string of the molecule is CC(C)n1c(-c2cccc(N)c2O)nc2ccc(Cl)cc21. The van der Waals surface area contributed by atoms with Crippen LogP contribution in [0.2, 0.25) is 5.02 Å². The number of aromatic nitrogens is 2. The number of nitrogens with two attached hydrogens (primary N) is 1. The van der Waals surface area contributed by atoms with Crippen LogP contribution in [0.5, 0.6) is 5.75 Å². The first kappa shape index (κ1) is 13.8. The molecule has 0 spiro atoms. The lowest BCUT2D eigenvalue weighted by molar-refractivity contribution is 0.478. The van der Waals surface area contributed by atoms with E-state index in [1.165, 1.54) is 0 Å². The average Bonchev–Trinajstić information content (AvgIpc) is 2.80. The number of hydrogen-bond donors (Lipinski definition) is 2. The number of benzene rings is 2. The van der Waals surface area contributed by atoms with E-state index >= 15 is 0 Å². The van der Waals surface area contributed by atoms with Crippen molar-refractivity contribution in [2.45, 2.75) is 19.9 Å². The Kier molecular flexibility index (Phi) is 3.26. The Hall–Kier alpha value is -2.20. The molecule has 0 aliphatic heterocycles. The summed E-state index contributed by atoms with van der Waals surface area (Å²) >= 11 is 6.10. The van der Waals surface area contributed by atoms with Crippen LogP contribution >= 0.6 is 11.6 Å². The van der Waals surface area contributed by atoms with Crippen LogP contribution in [-0.2, 0) is 0 Å². The molecule has 0 aliphatic carbocycles. The van der Waals surface area contributed by atoms with Gasteiger partial charge in [0.15, 0.2) is 0 Å². The van der Waals surface area contributed by atoms with Gasteiger partial charge in [-0.05, 0) is 44.2 Å². The van der Waals surface area contributed by atoms with Crippen molar-refractivity contribution in [2.24, 2.45) is 0 Å². The highest BCUT2D eigenvalue weighted by Gasteiger charge is 2.18. The van der Waals surface area contributed by atoms with Crippen molar-refractivity contribution in [1.29, 1.82) is 0 Å². The number of nitrogen functional groups attached to an aromatic ring is 1. The number of aromatic hydroxyl groups is 1. The summed E-state index contributed by atoms with van der Waals surface area (Å²) in [6, 6.07) is 11.0. The summed E-state index contributed by atoms with van der Waals surface area (Å²) in [6.07, 6.45) is 0. The highest BCUT2D eigenvalue weighted by Crippen LogP contribution is 2.36. The zero-order chi connectivity index (χ0) is 15.1. The van der Waals surface area contributed by atoms with Crippen molar-refractivity contribution in [3.63, 3.8) is 0 Å². The Labute approximate surface area is 127 Å². The van der Waals surface area contributed by atoms with E-state index in [1.54, 1.807) is 12.1 Å². The van der Waals surface area contributed by atoms with Gasteiger partial charge in [0.05, 0.1) is 22.3 Å². The number of fused-ring (bicyclic) bond motifs is 1. The highest BCUT2D eigenvalue weighted by atomic mass is 35.5. The summed E-state index contributed by atoms with van der Waals surface area (Å²) < 4.78 is 2.05. The van der Waals surface area contributed by atoms with Gasteiger partial charge in [-0.25, -0.2) is 4.98 Å². The molecule has 0 aliphatic rings. The molecule has 3 N–H and O–H groups in total. The van der Waals surface area contributed by atoms with Gasteiger partial charge in [0, 0.05) is 11.1 Å². The minimum Gasteiger partial charge on any atom is -0.505 e. The Balaban J connectivity index is 2.37. The van der Waals surface area contributed by atoms with Crippen LogP contribution in [0, 0.1) is 0 Å². The fourth-order valence-corrected chi connectivity index (χ4v) is 2.69. The monoisotopic (exact) mass is 301 g/mol. The van der Waals surface area contributed by atoms with Crippen LogP contribution in [0.25, 0.3) is 22.4 Å². The third-order valence-corrected chi connectivity index (χ3v) is 3.71. The molecular weight excluding hydrogens is 286 g/mol. The van der Waals surface area contributed by atoms with Gasteiger partial charge < -0.3 is 15.4 Å². The molecule has 3 aromatic rings. The largest absolute Gasteiger partial charge is 0.505 e. The second kappa shape index (κ2) is 4.97. The van der Waals surface area contributed by atoms with Crippen LogP contribution < -0.4 is 5.73 Å². The summed E-state index contributed by atoms with van der Waals surface area (Å²) in [4.78, 5) is 4.64. The van der Waals surface area contributed by atoms with Gasteiger partial charge in [-0.3, -0.25) is 0 Å². The van der Waals surface area contributed by atoms with E-state index in [9.17, 15) is 5.11 Å². The molecular formula is C16H16ClN3O. The lowest BCUT2D eigenvalue weighted by atomic mass is 10.1. The smallest absolute Gasteiger partial charge is 0.149 e. The van der Waals surface area contributed by atoms with Gasteiger partial charge in [-0.1, -0.05) is 17.7 Å². The molecule has 0 saturated heterocycles. The van der Waals surface area contributed by atoms with Crippen molar-refractivity contribution in [3.05, 3.63) is 41.4 Å². The Morgan fingerprint density at radius 3 is 2.71 bits per heavy atom. The number of nitrogens with zero attached hydrogens (tertiary/aromatic N) is 2. The molecule has 3 rings (SSSR count). The molecule has 0 radical (unpaired) electrons. The molecule has 4 nitrogen and oxygen atoms in total. The van der Waals surface area contributed by atoms with Gasteiger partial charge in [-0.15, -0.1) is 0 Å². The molecule has 0 amide bonds. The average molecular weight is 302 g/mol. The van der Waals surface area contributed by atoms with Gasteiger partial charge >= 0.3 is 0 Å². The molecule has 0 atom stereocenters. The van der Waals surface area contributed by atoms with Gasteiger partial charge in [0.25, 0.3) is 0 Å². The molecule has 0 bridgehead atoms. The van der Waals surface area contributed by atoms with Crippen molar-refractivity contribution < 1.29 is 5.11 Å². The molecule has 0 unspecified atom stereocenters. The summed E-state index contributed by atoms with van der Waals surface area (Å²) in [6.45, 7) is 4.13. The van der Waals surface area contributed by atoms with Crippen molar-refractivity contribution in [3.8, 4) is 17.1 Å². The second-order valence-electron chi connectivity index (χ2n) is 5.28. The maximum Gasteiger partial charge on any atom is 0.149 e. The summed E-state index contributed by atoms with van der Waals surface area (Å²) in [5.41, 5.74) is 8.53. The number of anilines is 1. The third kappa shape index (κ3) is 2.21. The third-order valence-electron chi connectivity index (χ3n) is 3.48. The lowest BCUT2D eigenvalue weighted by Gasteiger charge is -2.14. The number of rotatable bonds is 2. The van der Waals surface area contributed by atoms with E-state index in [-0.39, 0.29) is 11.8 Å². The summed E-state index contributed by atoms with van der Waals surface area (Å²) in [5, 5.41) is 10.9. The highest BCUT2D eigenvalue weighted by molar-refractivity contribution is 6.31. The van der Waals surface area contributed by atoms with Gasteiger partial charge in [0.1, 0.15) is 11.6 Å². The van der Waals surface area contributed by atoms with E-state index in [1.807, 2.05) is 24.3 Å². The number of halogens is 1. The second-order valence-corrected chi connectivity index (χ2v) is 5.71. The van der Waals surface area contributed by atoms with Crippen LogP contribution in [0.15, 0.2) is 36.4 Å². The van der Waals surface area contributed by atoms with E-state index in [0.29, 0.717) is 22.1 Å². The number of imidazole rings is 1. The molecule has 21 heavy (non-hydrogen) atoms. The minimum atomic E-state index is 0.0563. The van der Waals surface area contributed by atoms with Gasteiger partial charge in [-0.2, -0.15) is 0 Å². The number of para-hydroxylation sites is 1. The van der Waals surface area contributed by atoms with E-state index in [4.69, 9.17) is 17.3 Å². The minimum absolute atomic E-state index is 0.0563. The lowest BCUT2D eigenvalue weighted by Crippen LogP contribution is -2.03. The first-order valence-corrected chi connectivity index (χ1v) is 7.12. The van der Waals surface area contributed by atoms with E-state index in [2.05, 4.69) is 23.4 Å². The zero-order valence-electron chi connectivity index (χ0n) is 11.8. The molecule has 0 fully saturated rings. The zero-order valence-corrected chi connectivity index (χ0v) is 12.6. The quantitative estimate of drug-likeness (QED) is 0.550. The standard InChI is InChI=1S/C16H16ClN3O/c1-9(2)20-14-8-10(17)6-7-13(14)19-16(20)11-4-3-5-12(18)15(11)21/h3-9,21H,18H2,1-2H3. The molecule has 0 saturated carbocycles. The van der Waals surface area contributed by atoms with Crippen molar-refractivity contribution in [1.82, 2.24) is 9.55 Å². The Morgan fingerprint density at radius 1 is 1.24 bits per heavy atom. The molecule has 1 heterocycles. The maximum absolute atomic E-state index is 10.2. The molecule has 5 heteroatoms. The number of phenols is 1. The first-order valence-electron chi connectivity index (χ1n) is 6.74. The molecule has 108 valence electrons. The number of phenolic OH excluding ortho intramolecular Hbond substituents is 1. The van der Waals surface area contributed by atoms with Crippen LogP contribution in [-0.4, -0.2) is 14.7 Å². The van der Waals surface area contributed by atoms with Crippen LogP contribution in [0.1, 0.15) is 19.9 Å². The van der Waals surface area contributed by atoms with E-state index in [0.717, 1.165) is 11.0 Å². The summed E-state index contributed by atoms with van der Waals surface area (Å²) in [5.74, 6) is 0.743. The van der Waals surface area contributed by atoms with Crippen LogP contribution in [0.4, 0.5) is 5.69 Å². The van der Waals surface area contributed by atoms with Crippen molar-refractivity contribution >= 4 is 28.3 Å². The van der Waals surface area contributed by atoms with Gasteiger partial charge in [0.2, 0.25) is 0 Å². The summed E-state index contributed by atoms with van der Waals surface area (Å²) in [7, 11) is 0. The number of hydrogen-bond acceptors (Lipinski definition) is 3. The first-order chi connectivity index (χ1) is 9.99. The van der Waals surface area contributed by atoms with E-state index < -0.39 is 0 Å². The normalized spacial score (nSPS) is 11.4. The molecule has 1 aromatic heterocycles. The Morgan fingerprint density at radius 2 is 2.00 bits per heavy atom. The molecule has 2 aromatic carbocycles. The topological polar surface area (TPSA) is 64.1 Å². The maximum atomic E-state index is 10.2.